The van der Waals surface area contributed by atoms with E-state index in [0.717, 1.165) is 11.0 Å². The number of benzene rings is 4. The minimum atomic E-state index is -2.88. The molecule has 4 aromatic carbocycles. The Morgan fingerprint density at radius 2 is 1.47 bits per heavy atom. The first-order valence-corrected chi connectivity index (χ1v) is 18.6. The molecule has 2 aliphatic heterocycles. The first-order chi connectivity index (χ1) is 28.1. The van der Waals surface area contributed by atoms with Crippen LogP contribution in [0.15, 0.2) is 76.7 Å². The molecule has 0 bridgehead atoms. The number of carbonyl (C=O) groups is 4. The number of rotatable bonds is 6. The third kappa shape index (κ3) is 5.08. The second kappa shape index (κ2) is 13.3. The molecular weight excluding hydrogens is 828 g/mol. The van der Waals surface area contributed by atoms with Gasteiger partial charge in [-0.25, -0.2) is 31.8 Å². The van der Waals surface area contributed by atoms with Gasteiger partial charge in [0.1, 0.15) is 28.5 Å². The molecule has 1 aromatic heterocycles. The summed E-state index contributed by atoms with van der Waals surface area (Å²) >= 11 is 14.4. The number of anilines is 2. The normalized spacial score (nSPS) is 26.3. The van der Waals surface area contributed by atoms with Crippen molar-refractivity contribution in [3.8, 4) is 28.7 Å². The molecular formula is C41H26Cl2F5N3O8. The topological polar surface area (TPSA) is 139 Å². The van der Waals surface area contributed by atoms with E-state index < -0.39 is 104 Å². The summed E-state index contributed by atoms with van der Waals surface area (Å²) in [6.07, 6.45) is 0.644. The summed E-state index contributed by atoms with van der Waals surface area (Å²) in [5, 5.41) is 11.5. The number of aromatic hydroxyl groups is 1. The Morgan fingerprint density at radius 1 is 0.814 bits per heavy atom. The number of phenolic OH excluding ortho intramolecular Hbond substituents is 1. The van der Waals surface area contributed by atoms with Crippen molar-refractivity contribution in [1.29, 1.82) is 0 Å². The van der Waals surface area contributed by atoms with E-state index in [4.69, 9.17) is 37.1 Å². The van der Waals surface area contributed by atoms with E-state index in [1.165, 1.54) is 38.5 Å². The number of ether oxygens (including phenoxy) is 2. The Labute approximate surface area is 339 Å². The van der Waals surface area contributed by atoms with Crippen LogP contribution >= 0.6 is 23.2 Å². The third-order valence-electron chi connectivity index (χ3n) is 11.7. The number of oxazole rings is 1. The molecule has 3 heterocycles. The number of hydrogen-bond donors (Lipinski definition) is 1. The molecule has 9 rings (SSSR count). The fraction of sp³-hybridized carbons (Fsp3) is 0.244. The second-order valence-electron chi connectivity index (χ2n) is 14.5. The van der Waals surface area contributed by atoms with Crippen molar-refractivity contribution in [2.75, 3.05) is 24.0 Å². The number of alkyl halides is 2. The molecule has 0 spiro atoms. The average molecular weight is 855 g/mol. The quantitative estimate of drug-likeness (QED) is 0.0455. The maximum atomic E-state index is 15.4. The van der Waals surface area contributed by atoms with Crippen LogP contribution in [0, 0.1) is 46.8 Å². The van der Waals surface area contributed by atoms with Gasteiger partial charge in [0.2, 0.25) is 23.5 Å². The van der Waals surface area contributed by atoms with E-state index in [-0.39, 0.29) is 45.5 Å². The zero-order valence-electron chi connectivity index (χ0n) is 30.4. The smallest absolute Gasteiger partial charge is 0.258 e. The zero-order valence-corrected chi connectivity index (χ0v) is 31.9. The number of nitrogens with zero attached hydrogens (tertiary/aromatic N) is 3. The summed E-state index contributed by atoms with van der Waals surface area (Å²) in [4.78, 5) is 57.4. The number of para-hydroxylation sites is 2. The van der Waals surface area contributed by atoms with E-state index in [9.17, 15) is 37.5 Å². The highest BCUT2D eigenvalue weighted by Gasteiger charge is 2.77. The van der Waals surface area contributed by atoms with Crippen LogP contribution in [-0.2, 0) is 19.2 Å². The molecule has 2 saturated heterocycles. The van der Waals surface area contributed by atoms with Crippen molar-refractivity contribution >= 4 is 69.3 Å². The van der Waals surface area contributed by atoms with Crippen LogP contribution in [0.5, 0.6) is 17.2 Å². The standard InChI is InChI=1S/C41H26Cl2F5N3O8/c1-57-18-13-23(52)27(25(14-18)58-2)28-19-11-12-20-26(37(54)50(36(20)53)17-9-7-16(8-10-17)35-49-22-5-3-4-6-24(22)59-35)21(19)15-40(42)38(55)51(39(56)41(28,40)43)34-32(47)30(45)29(44)31(46)33(34)48/h3-11,13-14,20-21,26,28,52H,12,15H2,1-2H3/t20-,21+,26-,28+,40+,41-/m0/s1. The van der Waals surface area contributed by atoms with Crippen LogP contribution in [0.25, 0.3) is 22.6 Å². The number of amides is 4. The number of hydrogen-bond acceptors (Lipinski definition) is 9. The molecule has 11 nitrogen and oxygen atoms in total. The molecule has 1 saturated carbocycles. The van der Waals surface area contributed by atoms with Gasteiger partial charge in [0.15, 0.2) is 38.6 Å². The Hall–Kier alpha value is -6.00. The highest BCUT2D eigenvalue weighted by Crippen LogP contribution is 2.68. The molecule has 18 heteroatoms. The van der Waals surface area contributed by atoms with E-state index in [1.807, 2.05) is 0 Å². The lowest BCUT2D eigenvalue weighted by atomic mass is 9.56. The summed E-state index contributed by atoms with van der Waals surface area (Å²) in [6, 6.07) is 15.8. The average Bonchev–Trinajstić information content (AvgIpc) is 3.82. The maximum absolute atomic E-state index is 15.4. The Balaban J connectivity index is 1.18. The summed E-state index contributed by atoms with van der Waals surface area (Å²) in [5.41, 5.74) is -0.215. The third-order valence-corrected chi connectivity index (χ3v) is 13.1. The van der Waals surface area contributed by atoms with Crippen LogP contribution in [-0.4, -0.2) is 57.7 Å². The maximum Gasteiger partial charge on any atom is 0.258 e. The molecule has 5 aromatic rings. The number of carbonyl (C=O) groups excluding carboxylic acids is 4. The van der Waals surface area contributed by atoms with Gasteiger partial charge in [0, 0.05) is 29.2 Å². The largest absolute Gasteiger partial charge is 0.507 e. The number of imide groups is 2. The minimum absolute atomic E-state index is 0.0556. The first-order valence-electron chi connectivity index (χ1n) is 17.9. The van der Waals surface area contributed by atoms with Gasteiger partial charge < -0.3 is 19.0 Å². The highest BCUT2D eigenvalue weighted by atomic mass is 35.5. The van der Waals surface area contributed by atoms with Gasteiger partial charge in [0.25, 0.3) is 11.8 Å². The second-order valence-corrected chi connectivity index (χ2v) is 15.7. The van der Waals surface area contributed by atoms with Crippen molar-refractivity contribution < 1.29 is 60.1 Å². The lowest BCUT2D eigenvalue weighted by Crippen LogP contribution is -2.60. The number of fused-ring (bicyclic) bond motifs is 5. The van der Waals surface area contributed by atoms with Gasteiger partial charge in [0.05, 0.1) is 31.7 Å². The van der Waals surface area contributed by atoms with E-state index in [2.05, 4.69) is 4.98 Å². The number of allylic oxidation sites excluding steroid dienone is 2. The van der Waals surface area contributed by atoms with Crippen LogP contribution in [0.3, 0.4) is 0 Å². The summed E-state index contributed by atoms with van der Waals surface area (Å²) in [5.74, 6) is -23.0. The van der Waals surface area contributed by atoms with Crippen LogP contribution < -0.4 is 19.3 Å². The predicted octanol–water partition coefficient (Wildman–Crippen LogP) is 7.68. The monoisotopic (exact) mass is 853 g/mol. The fourth-order valence-corrected chi connectivity index (χ4v) is 9.97. The molecule has 4 amide bonds. The van der Waals surface area contributed by atoms with E-state index in [1.54, 1.807) is 36.4 Å². The van der Waals surface area contributed by atoms with Gasteiger partial charge in [-0.15, -0.1) is 23.2 Å². The van der Waals surface area contributed by atoms with Gasteiger partial charge >= 0.3 is 0 Å². The zero-order chi connectivity index (χ0) is 42.0. The lowest BCUT2D eigenvalue weighted by molar-refractivity contribution is -0.125. The molecule has 4 aliphatic rings. The SMILES string of the molecule is COc1cc(O)c([C@H]2C3=CC[C@@H]4C(=O)N(c5ccc(-c6nc7ccccc7o6)cc5)C(=O)[C@@H]4[C@@H]3C[C@@]3(Cl)C(=O)N(c4c(F)c(F)c(F)c(F)c4F)C(=O)[C@@]23Cl)c(OC)c1. The van der Waals surface area contributed by atoms with Crippen molar-refractivity contribution in [3.05, 3.63) is 107 Å². The molecule has 6 atom stereocenters. The molecule has 1 N–H and O–H groups in total. The number of aromatic nitrogens is 1. The Bertz CT molecular complexity index is 2690. The summed E-state index contributed by atoms with van der Waals surface area (Å²) in [7, 11) is 2.47. The minimum Gasteiger partial charge on any atom is -0.507 e. The number of methoxy groups -OCH3 is 2. The van der Waals surface area contributed by atoms with Crippen molar-refractivity contribution in [1.82, 2.24) is 4.98 Å². The first kappa shape index (κ1) is 38.5. The van der Waals surface area contributed by atoms with Crippen molar-refractivity contribution in [2.45, 2.75) is 28.5 Å². The molecule has 2 aliphatic carbocycles. The molecule has 59 heavy (non-hydrogen) atoms. The van der Waals surface area contributed by atoms with Gasteiger partial charge in [-0.05, 0) is 55.2 Å². The molecule has 302 valence electrons. The fourth-order valence-electron chi connectivity index (χ4n) is 9.05. The van der Waals surface area contributed by atoms with Gasteiger partial charge in [-0.2, -0.15) is 0 Å². The van der Waals surface area contributed by atoms with Gasteiger partial charge in [-0.1, -0.05) is 23.8 Å². The predicted molar refractivity (Wildman–Crippen MR) is 200 cm³/mol. The van der Waals surface area contributed by atoms with Crippen LogP contribution in [0.2, 0.25) is 0 Å². The Morgan fingerprint density at radius 3 is 2.12 bits per heavy atom. The number of halogens is 7. The summed E-state index contributed by atoms with van der Waals surface area (Å²) in [6.45, 7) is 0. The highest BCUT2D eigenvalue weighted by molar-refractivity contribution is 6.58. The van der Waals surface area contributed by atoms with Crippen molar-refractivity contribution in [2.24, 2.45) is 17.8 Å². The van der Waals surface area contributed by atoms with E-state index >= 15 is 8.78 Å². The van der Waals surface area contributed by atoms with Crippen LogP contribution in [0.1, 0.15) is 24.3 Å². The molecule has 0 unspecified atom stereocenters. The van der Waals surface area contributed by atoms with Crippen LogP contribution in [0.4, 0.5) is 33.3 Å². The van der Waals surface area contributed by atoms with Crippen molar-refractivity contribution in [3.63, 3.8) is 0 Å². The van der Waals surface area contributed by atoms with Gasteiger partial charge in [-0.3, -0.25) is 24.1 Å². The summed E-state index contributed by atoms with van der Waals surface area (Å²) < 4.78 is 90.9. The molecule has 0 radical (unpaired) electrons. The van der Waals surface area contributed by atoms with E-state index in [0.29, 0.717) is 16.7 Å². The lowest BCUT2D eigenvalue weighted by Gasteiger charge is -2.50. The number of phenols is 1. The molecule has 3 fully saturated rings. The Kier molecular flexibility index (Phi) is 8.66.